The molecule has 6 heterocycles. The number of rotatable bonds is 11. The molecule has 0 radical (unpaired) electrons. The predicted molar refractivity (Wildman–Crippen MR) is 242 cm³/mol. The van der Waals surface area contributed by atoms with Crippen molar-refractivity contribution in [2.24, 2.45) is 11.8 Å². The number of nitrogens with one attached hydrogen (secondary N) is 4. The second-order valence-electron chi connectivity index (χ2n) is 18.7. The van der Waals surface area contributed by atoms with Crippen LogP contribution in [0.3, 0.4) is 0 Å². The lowest BCUT2D eigenvalue weighted by molar-refractivity contribution is -0.136. The van der Waals surface area contributed by atoms with Crippen molar-refractivity contribution in [2.45, 2.75) is 115 Å². The Hall–Kier alpha value is -5.74. The van der Waals surface area contributed by atoms with Gasteiger partial charge in [-0.15, -0.1) is 0 Å². The summed E-state index contributed by atoms with van der Waals surface area (Å²) in [5, 5.41) is 25.7. The lowest BCUT2D eigenvalue weighted by atomic mass is 10.0. The van der Waals surface area contributed by atoms with Crippen LogP contribution in [0.4, 0.5) is 9.59 Å². The van der Waals surface area contributed by atoms with Gasteiger partial charge in [-0.1, -0.05) is 76.2 Å². The number of hydrogen-bond donors (Lipinski definition) is 6. The minimum Gasteiger partial charge on any atom is -0.393 e. The van der Waals surface area contributed by atoms with Gasteiger partial charge in [0.05, 0.1) is 48.1 Å². The van der Waals surface area contributed by atoms with Gasteiger partial charge in [0.2, 0.25) is 11.8 Å². The highest BCUT2D eigenvalue weighted by molar-refractivity contribution is 5.89. The number of hydrogen-bond acceptors (Lipinski definition) is 8. The molecule has 8 rings (SSSR count). The zero-order valence-corrected chi connectivity index (χ0v) is 37.5. The van der Waals surface area contributed by atoms with Crippen molar-refractivity contribution in [3.8, 4) is 33.6 Å². The molecule has 0 spiro atoms. The largest absolute Gasteiger partial charge is 0.393 e. The summed E-state index contributed by atoms with van der Waals surface area (Å²) >= 11 is 0. The minimum absolute atomic E-state index is 0.102. The van der Waals surface area contributed by atoms with E-state index in [-0.39, 0.29) is 60.0 Å². The van der Waals surface area contributed by atoms with E-state index in [0.29, 0.717) is 65.0 Å². The quantitative estimate of drug-likeness (QED) is 0.108. The van der Waals surface area contributed by atoms with Crippen LogP contribution in [0.25, 0.3) is 33.6 Å². The molecule has 2 aromatic carbocycles. The average molecular weight is 877 g/mol. The Morgan fingerprint density at radius 3 is 1.23 bits per heavy atom. The molecule has 4 aliphatic heterocycles. The third kappa shape index (κ3) is 9.82. The fourth-order valence-corrected chi connectivity index (χ4v) is 9.59. The first-order valence-electron chi connectivity index (χ1n) is 23.2. The summed E-state index contributed by atoms with van der Waals surface area (Å²) in [4.78, 5) is 77.7. The van der Waals surface area contributed by atoms with Crippen LogP contribution in [0.15, 0.2) is 60.9 Å². The zero-order valence-electron chi connectivity index (χ0n) is 37.5. The van der Waals surface area contributed by atoms with Crippen molar-refractivity contribution >= 4 is 23.9 Å². The maximum absolute atomic E-state index is 14.0. The lowest BCUT2D eigenvalue weighted by Crippen LogP contribution is -2.55. The van der Waals surface area contributed by atoms with Crippen molar-refractivity contribution in [3.63, 3.8) is 0 Å². The number of benzene rings is 2. The van der Waals surface area contributed by atoms with Crippen LogP contribution in [-0.2, 0) is 9.59 Å². The van der Waals surface area contributed by atoms with Gasteiger partial charge in [-0.3, -0.25) is 9.59 Å². The summed E-state index contributed by atoms with van der Waals surface area (Å²) in [7, 11) is 0. The SMILES string of the molecule is CC(C)[C@@H](NC(=O)N1CCC(O)CC1)C(=O)N1CCC[C@H]1c1ncc(-c2ccc(-c3ccc(-c4cnc([C@@H]5CCCN5C(=O)[C@H](NC(=O)N5CCC(O)CC5)C(C)C)[nH]4)cc3)cc2)[nH]1. The number of aromatic amines is 2. The number of likely N-dealkylation sites (tertiary alicyclic amines) is 4. The molecule has 6 amide bonds. The van der Waals surface area contributed by atoms with Crippen molar-refractivity contribution in [3.05, 3.63) is 72.6 Å². The summed E-state index contributed by atoms with van der Waals surface area (Å²) in [5.41, 5.74) is 5.78. The second-order valence-corrected chi connectivity index (χ2v) is 18.7. The third-order valence-electron chi connectivity index (χ3n) is 13.5. The molecule has 16 heteroatoms. The van der Waals surface area contributed by atoms with Gasteiger partial charge < -0.3 is 50.4 Å². The van der Waals surface area contributed by atoms with E-state index in [1.807, 2.05) is 49.9 Å². The van der Waals surface area contributed by atoms with Crippen molar-refractivity contribution in [1.82, 2.24) is 50.2 Å². The Kier molecular flexibility index (Phi) is 13.7. The normalized spacial score (nSPS) is 20.9. The van der Waals surface area contributed by atoms with Crippen LogP contribution in [0, 0.1) is 11.8 Å². The van der Waals surface area contributed by atoms with E-state index in [2.05, 4.69) is 69.1 Å². The maximum atomic E-state index is 14.0. The monoisotopic (exact) mass is 877 g/mol. The Bertz CT molecular complexity index is 2080. The third-order valence-corrected chi connectivity index (χ3v) is 13.5. The van der Waals surface area contributed by atoms with Crippen molar-refractivity contribution in [2.75, 3.05) is 39.3 Å². The summed E-state index contributed by atoms with van der Waals surface area (Å²) in [6, 6.07) is 14.3. The van der Waals surface area contributed by atoms with Crippen LogP contribution < -0.4 is 10.6 Å². The molecule has 4 atom stereocenters. The Morgan fingerprint density at radius 2 is 0.891 bits per heavy atom. The zero-order chi connectivity index (χ0) is 45.1. The number of aromatic nitrogens is 4. The molecule has 4 aromatic rings. The lowest BCUT2D eigenvalue weighted by Gasteiger charge is -2.34. The number of aliphatic hydroxyl groups excluding tert-OH is 2. The van der Waals surface area contributed by atoms with Gasteiger partial charge in [0.1, 0.15) is 23.7 Å². The number of piperidine rings is 2. The standard InChI is InChI=1S/C48H64N10O6/c1-29(2)41(53-47(63)55-23-17-35(59)18-24-55)45(61)57-21-5-7-39(57)43-49-27-37(51-43)33-13-9-31(10-14-33)32-11-15-34(16-12-32)38-28-50-44(52-38)40-8-6-22-58(40)46(62)42(30(3)4)54-48(64)56-25-19-36(60)20-26-56/h9-16,27-30,35-36,39-42,59-60H,5-8,17-26H2,1-4H3,(H,49,51)(H,50,52)(H,53,63)(H,54,64)/t39-,40-,41+,42+/m0/s1. The van der Waals surface area contributed by atoms with Crippen molar-refractivity contribution in [1.29, 1.82) is 0 Å². The number of amides is 6. The van der Waals surface area contributed by atoms with Crippen LogP contribution in [0.5, 0.6) is 0 Å². The number of H-pyrrole nitrogens is 2. The van der Waals surface area contributed by atoms with Gasteiger partial charge in [-0.2, -0.15) is 0 Å². The fraction of sp³-hybridized carbons (Fsp3) is 0.542. The van der Waals surface area contributed by atoms with Gasteiger partial charge in [0, 0.05) is 39.3 Å². The molecule has 342 valence electrons. The molecule has 0 aliphatic carbocycles. The molecular formula is C48H64N10O6. The van der Waals surface area contributed by atoms with Crippen LogP contribution >= 0.6 is 0 Å². The number of carbonyl (C=O) groups excluding carboxylic acids is 4. The topological polar surface area (TPSA) is 203 Å². The molecule has 0 bridgehead atoms. The van der Waals surface area contributed by atoms with E-state index in [9.17, 15) is 29.4 Å². The Labute approximate surface area is 375 Å². The Morgan fingerprint density at radius 1 is 0.547 bits per heavy atom. The molecule has 0 saturated carbocycles. The van der Waals surface area contributed by atoms with E-state index in [4.69, 9.17) is 9.97 Å². The molecule has 4 aliphatic rings. The molecular weight excluding hydrogens is 813 g/mol. The molecule has 4 saturated heterocycles. The first kappa shape index (κ1) is 44.9. The van der Waals surface area contributed by atoms with Crippen LogP contribution in [0.2, 0.25) is 0 Å². The minimum atomic E-state index is -0.665. The van der Waals surface area contributed by atoms with Crippen LogP contribution in [0.1, 0.15) is 103 Å². The molecule has 4 fully saturated rings. The summed E-state index contributed by atoms with van der Waals surface area (Å²) in [5.74, 6) is 1.04. The summed E-state index contributed by atoms with van der Waals surface area (Å²) in [6.07, 6.45) is 8.27. The summed E-state index contributed by atoms with van der Waals surface area (Å²) in [6.45, 7) is 10.9. The van der Waals surface area contributed by atoms with Crippen LogP contribution in [-0.4, -0.2) is 137 Å². The van der Waals surface area contributed by atoms with E-state index in [0.717, 1.165) is 71.0 Å². The highest BCUT2D eigenvalue weighted by Gasteiger charge is 2.40. The highest BCUT2D eigenvalue weighted by Crippen LogP contribution is 2.35. The van der Waals surface area contributed by atoms with Gasteiger partial charge in [0.25, 0.3) is 0 Å². The molecule has 6 N–H and O–H groups in total. The van der Waals surface area contributed by atoms with Crippen molar-refractivity contribution < 1.29 is 29.4 Å². The van der Waals surface area contributed by atoms with Gasteiger partial charge in [-0.25, -0.2) is 19.6 Å². The molecule has 2 aromatic heterocycles. The summed E-state index contributed by atoms with van der Waals surface area (Å²) < 4.78 is 0. The number of carbonyl (C=O) groups is 4. The molecule has 64 heavy (non-hydrogen) atoms. The van der Waals surface area contributed by atoms with E-state index in [1.165, 1.54) is 0 Å². The maximum Gasteiger partial charge on any atom is 0.318 e. The fourth-order valence-electron chi connectivity index (χ4n) is 9.59. The number of urea groups is 2. The highest BCUT2D eigenvalue weighted by atomic mass is 16.3. The number of aliphatic hydroxyl groups is 2. The van der Waals surface area contributed by atoms with E-state index in [1.54, 1.807) is 9.80 Å². The first-order chi connectivity index (χ1) is 30.8. The number of imidazole rings is 2. The predicted octanol–water partition coefficient (Wildman–Crippen LogP) is 5.84. The first-order valence-corrected chi connectivity index (χ1v) is 23.2. The van der Waals surface area contributed by atoms with E-state index >= 15 is 0 Å². The van der Waals surface area contributed by atoms with Gasteiger partial charge in [-0.05, 0) is 85.5 Å². The van der Waals surface area contributed by atoms with E-state index < -0.39 is 12.1 Å². The number of nitrogens with zero attached hydrogens (tertiary/aromatic N) is 6. The second kappa shape index (κ2) is 19.6. The van der Waals surface area contributed by atoms with Gasteiger partial charge >= 0.3 is 12.1 Å². The van der Waals surface area contributed by atoms with Gasteiger partial charge in [0.15, 0.2) is 0 Å². The average Bonchev–Trinajstić information content (AvgIpc) is 4.15. The molecule has 16 nitrogen and oxygen atoms in total. The molecule has 0 unspecified atom stereocenters. The smallest absolute Gasteiger partial charge is 0.318 e. The Balaban J connectivity index is 0.882.